The second-order valence-corrected chi connectivity index (χ2v) is 6.49. The molecule has 0 aliphatic carbocycles. The van der Waals surface area contributed by atoms with Gasteiger partial charge in [0.1, 0.15) is 12.4 Å². The Morgan fingerprint density at radius 1 is 1.00 bits per heavy atom. The van der Waals surface area contributed by atoms with Crippen LogP contribution in [0.25, 0.3) is 6.08 Å². The summed E-state index contributed by atoms with van der Waals surface area (Å²) in [4.78, 5) is 26.8. The first-order valence-electron chi connectivity index (χ1n) is 9.13. The number of ether oxygens (including phenoxy) is 2. The number of carbonyl (C=O) groups is 1. The number of carbonyl (C=O) groups excluding carboxylic acids is 1. The third-order valence-electron chi connectivity index (χ3n) is 4.35. The Labute approximate surface area is 172 Å². The molecule has 7 nitrogen and oxygen atoms in total. The predicted octanol–water partition coefficient (Wildman–Crippen LogP) is 4.52. The molecule has 30 heavy (non-hydrogen) atoms. The van der Waals surface area contributed by atoms with Crippen LogP contribution in [0.5, 0.6) is 5.75 Å². The monoisotopic (exact) mass is 400 g/mol. The molecule has 3 aromatic rings. The van der Waals surface area contributed by atoms with Gasteiger partial charge in [0, 0.05) is 17.7 Å². The Morgan fingerprint density at radius 2 is 1.77 bits per heavy atom. The van der Waals surface area contributed by atoms with Gasteiger partial charge >= 0.3 is 5.97 Å². The molecule has 0 fully saturated rings. The summed E-state index contributed by atoms with van der Waals surface area (Å²) in [5.74, 6) is 0.384. The molecule has 0 radical (unpaired) electrons. The number of non-ortho nitro benzene ring substituents is 1. The third kappa shape index (κ3) is 4.41. The number of cyclic esters (lactones) is 1. The summed E-state index contributed by atoms with van der Waals surface area (Å²) in [5.41, 5.74) is 2.45. The van der Waals surface area contributed by atoms with Crippen LogP contribution in [0.1, 0.15) is 16.7 Å². The highest BCUT2D eigenvalue weighted by atomic mass is 16.6. The first-order valence-corrected chi connectivity index (χ1v) is 9.13. The van der Waals surface area contributed by atoms with Crippen LogP contribution >= 0.6 is 0 Å². The zero-order valence-electron chi connectivity index (χ0n) is 15.7. The maximum absolute atomic E-state index is 12.1. The Hall–Kier alpha value is -4.26. The molecule has 0 unspecified atom stereocenters. The Balaban J connectivity index is 1.43. The van der Waals surface area contributed by atoms with Gasteiger partial charge in [0.2, 0.25) is 5.90 Å². The molecule has 1 aliphatic heterocycles. The normalized spacial score (nSPS) is 14.3. The van der Waals surface area contributed by atoms with Crippen molar-refractivity contribution in [2.75, 3.05) is 0 Å². The second-order valence-electron chi connectivity index (χ2n) is 6.49. The molecule has 7 heteroatoms. The zero-order chi connectivity index (χ0) is 20.9. The molecule has 1 heterocycles. The summed E-state index contributed by atoms with van der Waals surface area (Å²) in [7, 11) is 0. The SMILES string of the molecule is O=C1OC(c2ccccc2)=N/C1=C\c1ccc(OCc2cccc([N+](=O)[O-])c2)cc1. The average Bonchev–Trinajstić information content (AvgIpc) is 3.14. The maximum Gasteiger partial charge on any atom is 0.363 e. The number of aliphatic imine (C=N–C) groups is 1. The van der Waals surface area contributed by atoms with Crippen molar-refractivity contribution >= 4 is 23.6 Å². The van der Waals surface area contributed by atoms with Gasteiger partial charge in [-0.1, -0.05) is 42.5 Å². The lowest BCUT2D eigenvalue weighted by atomic mass is 10.2. The summed E-state index contributed by atoms with van der Waals surface area (Å²) < 4.78 is 10.9. The average molecular weight is 400 g/mol. The van der Waals surface area contributed by atoms with E-state index in [-0.39, 0.29) is 23.9 Å². The van der Waals surface area contributed by atoms with Gasteiger partial charge in [-0.05, 0) is 41.5 Å². The van der Waals surface area contributed by atoms with E-state index < -0.39 is 10.9 Å². The smallest absolute Gasteiger partial charge is 0.363 e. The van der Waals surface area contributed by atoms with Crippen LogP contribution in [0.4, 0.5) is 5.69 Å². The lowest BCUT2D eigenvalue weighted by Crippen LogP contribution is -2.04. The fraction of sp³-hybridized carbons (Fsp3) is 0.0435. The summed E-state index contributed by atoms with van der Waals surface area (Å²) in [6, 6.07) is 22.6. The first-order chi connectivity index (χ1) is 14.6. The number of esters is 1. The molecule has 3 aromatic carbocycles. The van der Waals surface area contributed by atoms with Crippen LogP contribution < -0.4 is 4.74 Å². The molecule has 0 spiro atoms. The molecular formula is C23H16N2O5. The highest BCUT2D eigenvalue weighted by Crippen LogP contribution is 2.21. The lowest BCUT2D eigenvalue weighted by Gasteiger charge is -2.06. The van der Waals surface area contributed by atoms with E-state index in [4.69, 9.17) is 9.47 Å². The Bertz CT molecular complexity index is 1150. The van der Waals surface area contributed by atoms with Crippen molar-refractivity contribution in [2.24, 2.45) is 4.99 Å². The summed E-state index contributed by atoms with van der Waals surface area (Å²) >= 11 is 0. The predicted molar refractivity (Wildman–Crippen MR) is 111 cm³/mol. The fourth-order valence-electron chi connectivity index (χ4n) is 2.86. The number of benzene rings is 3. The maximum atomic E-state index is 12.1. The summed E-state index contributed by atoms with van der Waals surface area (Å²) in [6.07, 6.45) is 1.64. The molecular weight excluding hydrogens is 384 g/mol. The van der Waals surface area contributed by atoms with E-state index in [0.717, 1.165) is 11.1 Å². The van der Waals surface area contributed by atoms with Crippen LogP contribution in [0.2, 0.25) is 0 Å². The van der Waals surface area contributed by atoms with Crippen LogP contribution in [0, 0.1) is 10.1 Å². The standard InChI is InChI=1S/C23H16N2O5/c26-23-21(24-22(30-23)18-6-2-1-3-7-18)14-16-9-11-20(12-10-16)29-15-17-5-4-8-19(13-17)25(27)28/h1-14H,15H2/b21-14-. The topological polar surface area (TPSA) is 91.0 Å². The minimum atomic E-state index is -0.500. The number of hydrogen-bond donors (Lipinski definition) is 0. The minimum absolute atomic E-state index is 0.0250. The molecule has 0 N–H and O–H groups in total. The molecule has 148 valence electrons. The van der Waals surface area contributed by atoms with Crippen LogP contribution in [0.15, 0.2) is 89.6 Å². The fourth-order valence-corrected chi connectivity index (χ4v) is 2.86. The van der Waals surface area contributed by atoms with Crippen molar-refractivity contribution in [1.29, 1.82) is 0 Å². The van der Waals surface area contributed by atoms with Crippen LogP contribution in [-0.2, 0) is 16.1 Å². The molecule has 1 aliphatic rings. The van der Waals surface area contributed by atoms with E-state index in [2.05, 4.69) is 4.99 Å². The molecule has 0 aromatic heterocycles. The van der Waals surface area contributed by atoms with E-state index in [1.165, 1.54) is 12.1 Å². The zero-order valence-corrected chi connectivity index (χ0v) is 15.7. The van der Waals surface area contributed by atoms with E-state index in [0.29, 0.717) is 11.3 Å². The molecule has 4 rings (SSSR count). The van der Waals surface area contributed by atoms with Crippen molar-refractivity contribution in [3.63, 3.8) is 0 Å². The van der Waals surface area contributed by atoms with Gasteiger partial charge in [0.25, 0.3) is 5.69 Å². The number of nitro groups is 1. The first kappa shape index (κ1) is 19.1. The summed E-state index contributed by atoms with van der Waals surface area (Å²) in [6.45, 7) is 0.208. The third-order valence-corrected chi connectivity index (χ3v) is 4.35. The molecule has 0 saturated heterocycles. The van der Waals surface area contributed by atoms with Gasteiger partial charge < -0.3 is 9.47 Å². The highest BCUT2D eigenvalue weighted by molar-refractivity contribution is 6.12. The summed E-state index contributed by atoms with van der Waals surface area (Å²) in [5, 5.41) is 10.8. The molecule has 0 amide bonds. The number of nitrogens with zero attached hydrogens (tertiary/aromatic N) is 2. The largest absolute Gasteiger partial charge is 0.489 e. The number of nitro benzene ring substituents is 1. The van der Waals surface area contributed by atoms with Gasteiger partial charge in [-0.15, -0.1) is 0 Å². The molecule has 0 bridgehead atoms. The Kier molecular flexibility index (Phi) is 5.34. The van der Waals surface area contributed by atoms with Gasteiger partial charge in [-0.25, -0.2) is 9.79 Å². The second kappa shape index (κ2) is 8.40. The van der Waals surface area contributed by atoms with E-state index in [1.807, 2.05) is 30.3 Å². The van der Waals surface area contributed by atoms with Crippen molar-refractivity contribution in [3.8, 4) is 5.75 Å². The van der Waals surface area contributed by atoms with Crippen LogP contribution in [-0.4, -0.2) is 16.8 Å². The van der Waals surface area contributed by atoms with Crippen molar-refractivity contribution in [3.05, 3.63) is 111 Å². The van der Waals surface area contributed by atoms with Crippen molar-refractivity contribution in [2.45, 2.75) is 6.61 Å². The van der Waals surface area contributed by atoms with E-state index in [9.17, 15) is 14.9 Å². The van der Waals surface area contributed by atoms with Gasteiger partial charge in [-0.3, -0.25) is 10.1 Å². The highest BCUT2D eigenvalue weighted by Gasteiger charge is 2.23. The molecule has 0 atom stereocenters. The molecule has 0 saturated carbocycles. The Morgan fingerprint density at radius 3 is 2.50 bits per heavy atom. The minimum Gasteiger partial charge on any atom is -0.489 e. The van der Waals surface area contributed by atoms with Crippen LogP contribution in [0.3, 0.4) is 0 Å². The van der Waals surface area contributed by atoms with Crippen molar-refractivity contribution < 1.29 is 19.2 Å². The number of hydrogen-bond acceptors (Lipinski definition) is 6. The quantitative estimate of drug-likeness (QED) is 0.263. The van der Waals surface area contributed by atoms with Gasteiger partial charge in [-0.2, -0.15) is 0 Å². The van der Waals surface area contributed by atoms with Crippen molar-refractivity contribution in [1.82, 2.24) is 0 Å². The lowest BCUT2D eigenvalue weighted by molar-refractivity contribution is -0.384. The van der Waals surface area contributed by atoms with Gasteiger partial charge in [0.15, 0.2) is 5.70 Å². The van der Waals surface area contributed by atoms with E-state index in [1.54, 1.807) is 42.5 Å². The van der Waals surface area contributed by atoms with E-state index >= 15 is 0 Å². The van der Waals surface area contributed by atoms with Gasteiger partial charge in [0.05, 0.1) is 4.92 Å². The number of rotatable bonds is 6.